The summed E-state index contributed by atoms with van der Waals surface area (Å²) in [6, 6.07) is 7.19. The Bertz CT molecular complexity index is 2700. The minimum Gasteiger partial charge on any atom is -0.399 e. The third-order valence-corrected chi connectivity index (χ3v) is 16.7. The molecular formula is C49H46B2F34O4. The van der Waals surface area contributed by atoms with Gasteiger partial charge >= 0.3 is 110 Å². The van der Waals surface area contributed by atoms with E-state index in [4.69, 9.17) is 18.6 Å². The number of rotatable bonds is 24. The fourth-order valence-corrected chi connectivity index (χ4v) is 9.70. The van der Waals surface area contributed by atoms with Crippen LogP contribution < -0.4 is 10.9 Å². The van der Waals surface area contributed by atoms with Crippen molar-refractivity contribution in [3.8, 4) is 11.1 Å². The first kappa shape index (κ1) is 75.7. The zero-order chi connectivity index (χ0) is 69.8. The molecule has 2 aromatic carbocycles. The molecule has 0 N–H and O–H groups in total. The van der Waals surface area contributed by atoms with Gasteiger partial charge in [0, 0.05) is 18.3 Å². The third-order valence-electron chi connectivity index (χ3n) is 16.7. The van der Waals surface area contributed by atoms with Crippen LogP contribution in [0.15, 0.2) is 36.4 Å². The highest BCUT2D eigenvalue weighted by atomic mass is 19.4. The van der Waals surface area contributed by atoms with Crippen molar-refractivity contribution in [1.29, 1.82) is 0 Å². The van der Waals surface area contributed by atoms with Gasteiger partial charge in [-0.2, -0.15) is 149 Å². The molecule has 0 radical (unpaired) electrons. The minimum absolute atomic E-state index is 0.0686. The van der Waals surface area contributed by atoms with Crippen molar-refractivity contribution in [3.05, 3.63) is 47.5 Å². The van der Waals surface area contributed by atoms with Crippen LogP contribution in [0.2, 0.25) is 0 Å². The van der Waals surface area contributed by atoms with Gasteiger partial charge in [-0.05, 0) is 114 Å². The molecule has 2 fully saturated rings. The molecule has 0 saturated carbocycles. The number of hydrogen-bond donors (Lipinski definition) is 0. The SMILES string of the molecule is CC1(C)OB(c2ccc3c(c2)C(CCCCC(F)(F)C(F)(F)C(F)(F)C(F)(F)C(F)(F)C(F)(F)C(F)(F)C(F)(F)F)(CCCCC(F)(F)C(F)(F)C(F)(F)C(F)(F)C(F)(F)C(F)(F)C(F)(F)C(F)(F)F)c2cc(B4OC(C)(C)C(C)(C)O4)ccc2-3)OC1(C)C. The van der Waals surface area contributed by atoms with Gasteiger partial charge in [0.25, 0.3) is 0 Å². The Balaban J connectivity index is 1.63. The second-order valence-corrected chi connectivity index (χ2v) is 23.6. The van der Waals surface area contributed by atoms with Gasteiger partial charge in [0.2, 0.25) is 0 Å². The fraction of sp³-hybridized carbons (Fsp3) is 0.755. The van der Waals surface area contributed by atoms with Gasteiger partial charge in [0.05, 0.1) is 22.4 Å². The van der Waals surface area contributed by atoms with Gasteiger partial charge in [0.15, 0.2) is 0 Å². The van der Waals surface area contributed by atoms with E-state index < -0.39 is 189 Å². The molecule has 4 nitrogen and oxygen atoms in total. The zero-order valence-corrected chi connectivity index (χ0v) is 46.3. The maximum atomic E-state index is 15.4. The molecule has 89 heavy (non-hydrogen) atoms. The van der Waals surface area contributed by atoms with Crippen molar-refractivity contribution in [2.24, 2.45) is 0 Å². The van der Waals surface area contributed by atoms with Crippen LogP contribution in [0.4, 0.5) is 149 Å². The summed E-state index contributed by atoms with van der Waals surface area (Å²) in [4.78, 5) is 0. The van der Waals surface area contributed by atoms with Crippen LogP contribution in [0, 0.1) is 0 Å². The monoisotopic (exact) mass is 1370 g/mol. The number of halogens is 34. The number of fused-ring (bicyclic) bond motifs is 3. The molecule has 0 aromatic heterocycles. The van der Waals surface area contributed by atoms with Crippen LogP contribution in [-0.4, -0.2) is 132 Å². The molecule has 1 aliphatic carbocycles. The Morgan fingerprint density at radius 2 is 0.506 bits per heavy atom. The average molecular weight is 1370 g/mol. The topological polar surface area (TPSA) is 36.9 Å². The van der Waals surface area contributed by atoms with Crippen LogP contribution >= 0.6 is 0 Å². The van der Waals surface area contributed by atoms with E-state index in [-0.39, 0.29) is 33.2 Å². The van der Waals surface area contributed by atoms with Gasteiger partial charge in [-0.25, -0.2) is 0 Å². The molecule has 2 aromatic rings. The maximum absolute atomic E-state index is 15.4. The van der Waals surface area contributed by atoms with E-state index in [0.717, 1.165) is 12.1 Å². The summed E-state index contributed by atoms with van der Waals surface area (Å²) in [6.07, 6.45) is -30.8. The largest absolute Gasteiger partial charge is 0.494 e. The lowest BCUT2D eigenvalue weighted by molar-refractivity contribution is -0.461. The summed E-state index contributed by atoms with van der Waals surface area (Å²) >= 11 is 0. The highest BCUT2D eigenvalue weighted by Gasteiger charge is 2.97. The van der Waals surface area contributed by atoms with Gasteiger partial charge in [-0.1, -0.05) is 49.2 Å². The van der Waals surface area contributed by atoms with Gasteiger partial charge in [0.1, 0.15) is 0 Å². The molecule has 2 saturated heterocycles. The van der Waals surface area contributed by atoms with Crippen LogP contribution in [-0.2, 0) is 24.0 Å². The van der Waals surface area contributed by atoms with E-state index >= 15 is 35.1 Å². The number of alkyl halides is 34. The van der Waals surface area contributed by atoms with E-state index in [1.54, 1.807) is 0 Å². The summed E-state index contributed by atoms with van der Waals surface area (Å²) in [5.41, 5.74) is -8.12. The van der Waals surface area contributed by atoms with Crippen molar-refractivity contribution >= 4 is 25.2 Å². The molecule has 2 heterocycles. The fourth-order valence-electron chi connectivity index (χ4n) is 9.70. The van der Waals surface area contributed by atoms with Crippen LogP contribution in [0.1, 0.15) is 118 Å². The first-order valence-electron chi connectivity index (χ1n) is 25.4. The Kier molecular flexibility index (Phi) is 18.3. The summed E-state index contributed by atoms with van der Waals surface area (Å²) in [5, 5.41) is 0. The van der Waals surface area contributed by atoms with Crippen LogP contribution in [0.25, 0.3) is 11.1 Å². The van der Waals surface area contributed by atoms with E-state index in [9.17, 15) is 114 Å². The first-order valence-corrected chi connectivity index (χ1v) is 25.4. The smallest absolute Gasteiger partial charge is 0.399 e. The Hall–Kier alpha value is -3.97. The van der Waals surface area contributed by atoms with Crippen LogP contribution in [0.3, 0.4) is 0 Å². The summed E-state index contributed by atoms with van der Waals surface area (Å²) in [5.74, 6) is -118. The van der Waals surface area contributed by atoms with Crippen molar-refractivity contribution < 1.29 is 168 Å². The third kappa shape index (κ3) is 10.9. The molecule has 0 bridgehead atoms. The summed E-state index contributed by atoms with van der Waals surface area (Å²) in [7, 11) is -2.96. The molecule has 2 aliphatic heterocycles. The summed E-state index contributed by atoms with van der Waals surface area (Å²) < 4.78 is 506. The Morgan fingerprint density at radius 3 is 0.730 bits per heavy atom. The van der Waals surface area contributed by atoms with E-state index in [1.165, 1.54) is 79.7 Å². The van der Waals surface area contributed by atoms with Crippen molar-refractivity contribution in [2.45, 2.75) is 230 Å². The number of unbranched alkanes of at least 4 members (excludes halogenated alkanes) is 2. The normalized spacial score (nSPS) is 20.2. The van der Waals surface area contributed by atoms with Gasteiger partial charge in [-0.15, -0.1) is 0 Å². The zero-order valence-electron chi connectivity index (χ0n) is 46.3. The molecule has 510 valence electrons. The second-order valence-electron chi connectivity index (χ2n) is 23.6. The quantitative estimate of drug-likeness (QED) is 0.0596. The van der Waals surface area contributed by atoms with Gasteiger partial charge < -0.3 is 18.6 Å². The first-order chi connectivity index (χ1) is 39.0. The average Bonchev–Trinajstić information content (AvgIpc) is 1.49. The van der Waals surface area contributed by atoms with Crippen LogP contribution in [0.5, 0.6) is 0 Å². The predicted octanol–water partition coefficient (Wildman–Crippen LogP) is 17.7. The standard InChI is InChI=1S/C49H46B2F34O4/c1-29(2)30(3,4)87-50(86-29)23-13-15-25-26-16-14-24(51-88-31(5,6)32(7,8)89-51)22-28(26)33(27(25)21-23,17-9-11-19-34(52,53)36(56,57)38(60,61)40(64,65)42(68,69)44(72,73)46(76,77)48(80,81)82)18-10-12-20-35(54,55)37(58,59)39(62,63)41(66,67)43(70,71)45(74,75)47(78,79)49(83,84)85/h13-16,21-22H,9-12,17-20H2,1-8H3. The molecule has 3 aliphatic rings. The maximum Gasteiger partial charge on any atom is 0.494 e. The summed E-state index contributed by atoms with van der Waals surface area (Å²) in [6.45, 7) is 11.9. The highest BCUT2D eigenvalue weighted by molar-refractivity contribution is 6.62. The van der Waals surface area contributed by atoms with E-state index in [1.807, 2.05) is 0 Å². The Morgan fingerprint density at radius 1 is 0.292 bits per heavy atom. The van der Waals surface area contributed by atoms with Crippen molar-refractivity contribution in [1.82, 2.24) is 0 Å². The number of hydrogen-bond acceptors (Lipinski definition) is 4. The molecule has 0 atom stereocenters. The molecule has 0 spiro atoms. The van der Waals surface area contributed by atoms with Crippen molar-refractivity contribution in [2.75, 3.05) is 0 Å². The van der Waals surface area contributed by atoms with Crippen molar-refractivity contribution in [3.63, 3.8) is 0 Å². The molecular weight excluding hydrogens is 1320 g/mol. The Labute approximate surface area is 481 Å². The highest BCUT2D eigenvalue weighted by Crippen LogP contribution is 2.67. The number of benzene rings is 2. The van der Waals surface area contributed by atoms with E-state index in [0.29, 0.717) is 0 Å². The lowest BCUT2D eigenvalue weighted by Gasteiger charge is -2.43. The van der Waals surface area contributed by atoms with Gasteiger partial charge in [-0.3, -0.25) is 0 Å². The molecule has 5 rings (SSSR count). The molecule has 40 heteroatoms. The predicted molar refractivity (Wildman–Crippen MR) is 242 cm³/mol. The second kappa shape index (κ2) is 21.5. The molecule has 0 unspecified atom stereocenters. The minimum atomic E-state index is -8.98. The van der Waals surface area contributed by atoms with E-state index in [2.05, 4.69) is 0 Å². The molecule has 0 amide bonds. The lowest BCUT2D eigenvalue weighted by Crippen LogP contribution is -2.74. The lowest BCUT2D eigenvalue weighted by atomic mass is 9.67.